The van der Waals surface area contributed by atoms with Gasteiger partial charge in [0.25, 0.3) is 0 Å². The Bertz CT molecular complexity index is 661. The first-order valence-corrected chi connectivity index (χ1v) is 5.80. The van der Waals surface area contributed by atoms with Crippen molar-refractivity contribution in [1.82, 2.24) is 19.7 Å². The number of aromatic carboxylic acids is 1. The minimum atomic E-state index is -1.02. The Morgan fingerprint density at radius 2 is 2.22 bits per heavy atom. The van der Waals surface area contributed by atoms with Crippen LogP contribution in [0.15, 0.2) is 27.1 Å². The molecule has 2 heterocycles. The summed E-state index contributed by atoms with van der Waals surface area (Å²) in [5.41, 5.74) is 0.423. The fraction of sp³-hybridized carbons (Fsp3) is 0.200. The van der Waals surface area contributed by atoms with Crippen LogP contribution in [0, 0.1) is 6.92 Å². The number of nitrogens with zero attached hydrogens (tertiary/aromatic N) is 3. The predicted molar refractivity (Wildman–Crippen MR) is 63.9 cm³/mol. The van der Waals surface area contributed by atoms with Crippen molar-refractivity contribution in [3.05, 3.63) is 33.9 Å². The van der Waals surface area contributed by atoms with Gasteiger partial charge < -0.3 is 5.11 Å². The number of hydrogen-bond acceptors (Lipinski definition) is 5. The van der Waals surface area contributed by atoms with Gasteiger partial charge in [0.1, 0.15) is 5.03 Å². The summed E-state index contributed by atoms with van der Waals surface area (Å²) in [5, 5.41) is 16.0. The molecule has 0 spiro atoms. The van der Waals surface area contributed by atoms with Gasteiger partial charge in [-0.25, -0.2) is 19.7 Å². The van der Waals surface area contributed by atoms with Crippen LogP contribution in [-0.2, 0) is 7.05 Å². The van der Waals surface area contributed by atoms with Gasteiger partial charge in [-0.1, -0.05) is 0 Å². The van der Waals surface area contributed by atoms with Crippen molar-refractivity contribution in [3.63, 3.8) is 0 Å². The number of aromatic amines is 1. The van der Waals surface area contributed by atoms with Gasteiger partial charge in [0.05, 0.1) is 5.56 Å². The molecule has 94 valence electrons. The normalized spacial score (nSPS) is 10.6. The van der Waals surface area contributed by atoms with E-state index in [1.165, 1.54) is 16.7 Å². The van der Waals surface area contributed by atoms with E-state index in [0.717, 1.165) is 11.8 Å². The third kappa shape index (κ3) is 2.43. The maximum atomic E-state index is 11.2. The first-order valence-electron chi connectivity index (χ1n) is 4.98. The lowest BCUT2D eigenvalue weighted by Crippen LogP contribution is -2.12. The molecular formula is C10H10N4O3S. The molecule has 0 aliphatic heterocycles. The number of pyridine rings is 1. The zero-order valence-corrected chi connectivity index (χ0v) is 10.5. The quantitative estimate of drug-likeness (QED) is 0.846. The van der Waals surface area contributed by atoms with E-state index in [1.54, 1.807) is 14.0 Å². The fourth-order valence-corrected chi connectivity index (χ4v) is 2.20. The lowest BCUT2D eigenvalue weighted by molar-refractivity contribution is 0.0696. The van der Waals surface area contributed by atoms with Crippen LogP contribution in [-0.4, -0.2) is 30.8 Å². The van der Waals surface area contributed by atoms with Gasteiger partial charge in [0, 0.05) is 12.7 Å². The molecule has 2 N–H and O–H groups in total. The summed E-state index contributed by atoms with van der Waals surface area (Å²) in [6.07, 6.45) is 0. The number of nitrogens with one attached hydrogen (secondary N) is 1. The van der Waals surface area contributed by atoms with E-state index in [1.807, 2.05) is 0 Å². The Hall–Kier alpha value is -2.09. The van der Waals surface area contributed by atoms with Crippen LogP contribution in [0.5, 0.6) is 0 Å². The molecule has 0 atom stereocenters. The van der Waals surface area contributed by atoms with Crippen LogP contribution < -0.4 is 5.69 Å². The van der Waals surface area contributed by atoms with Gasteiger partial charge in [-0.2, -0.15) is 0 Å². The highest BCUT2D eigenvalue weighted by molar-refractivity contribution is 7.99. The largest absolute Gasteiger partial charge is 0.478 e. The molecule has 8 heteroatoms. The summed E-state index contributed by atoms with van der Waals surface area (Å²) in [5.74, 6) is -1.02. The predicted octanol–water partition coefficient (Wildman–Crippen LogP) is 0.661. The van der Waals surface area contributed by atoms with Crippen molar-refractivity contribution in [2.75, 3.05) is 0 Å². The van der Waals surface area contributed by atoms with Gasteiger partial charge in [-0.15, -0.1) is 5.10 Å². The number of aryl methyl sites for hydroxylation is 1. The minimum absolute atomic E-state index is 0.158. The first-order chi connectivity index (χ1) is 8.47. The van der Waals surface area contributed by atoms with Gasteiger partial charge in [-0.05, 0) is 30.8 Å². The van der Waals surface area contributed by atoms with Crippen LogP contribution in [0.4, 0.5) is 0 Å². The smallest absolute Gasteiger partial charge is 0.343 e. The zero-order valence-electron chi connectivity index (χ0n) is 9.67. The molecule has 0 bridgehead atoms. The van der Waals surface area contributed by atoms with Crippen LogP contribution in [0.2, 0.25) is 0 Å². The van der Waals surface area contributed by atoms with Gasteiger partial charge >= 0.3 is 11.7 Å². The van der Waals surface area contributed by atoms with Crippen molar-refractivity contribution < 1.29 is 9.90 Å². The van der Waals surface area contributed by atoms with Crippen molar-refractivity contribution in [1.29, 1.82) is 0 Å². The molecule has 2 rings (SSSR count). The molecule has 0 radical (unpaired) electrons. The molecule has 7 nitrogen and oxygen atoms in total. The molecule has 2 aromatic rings. The number of carboxylic acid groups (broad SMARTS) is 1. The Balaban J connectivity index is 2.37. The highest BCUT2D eigenvalue weighted by Crippen LogP contribution is 2.23. The SMILES string of the molecule is Cc1cc(C(=O)O)cc(Sc2n[nH]c(=O)n2C)n1. The monoisotopic (exact) mass is 266 g/mol. The molecule has 0 unspecified atom stereocenters. The van der Waals surface area contributed by atoms with E-state index in [-0.39, 0.29) is 11.3 Å². The molecular weight excluding hydrogens is 256 g/mol. The van der Waals surface area contributed by atoms with Gasteiger partial charge in [-0.3, -0.25) is 4.57 Å². The summed E-state index contributed by atoms with van der Waals surface area (Å²) >= 11 is 1.13. The average molecular weight is 266 g/mol. The fourth-order valence-electron chi connectivity index (χ4n) is 1.33. The Morgan fingerprint density at radius 3 is 2.78 bits per heavy atom. The third-order valence-corrected chi connectivity index (χ3v) is 3.18. The topological polar surface area (TPSA) is 101 Å². The second-order valence-electron chi connectivity index (χ2n) is 3.61. The summed E-state index contributed by atoms with van der Waals surface area (Å²) < 4.78 is 1.33. The van der Waals surface area contributed by atoms with Crippen LogP contribution in [0.25, 0.3) is 0 Å². The summed E-state index contributed by atoms with van der Waals surface area (Å²) in [7, 11) is 1.57. The number of hydrogen-bond donors (Lipinski definition) is 2. The average Bonchev–Trinajstić information content (AvgIpc) is 2.60. The number of carboxylic acids is 1. The summed E-state index contributed by atoms with van der Waals surface area (Å²) in [6.45, 7) is 1.71. The van der Waals surface area contributed by atoms with Crippen molar-refractivity contribution in [2.45, 2.75) is 17.1 Å². The second kappa shape index (κ2) is 4.65. The maximum Gasteiger partial charge on any atom is 0.343 e. The molecule has 18 heavy (non-hydrogen) atoms. The minimum Gasteiger partial charge on any atom is -0.478 e. The highest BCUT2D eigenvalue weighted by atomic mass is 32.2. The number of H-pyrrole nitrogens is 1. The molecule has 0 amide bonds. The molecule has 0 aliphatic carbocycles. The zero-order chi connectivity index (χ0) is 13.3. The van der Waals surface area contributed by atoms with E-state index in [4.69, 9.17) is 5.11 Å². The second-order valence-corrected chi connectivity index (χ2v) is 4.60. The van der Waals surface area contributed by atoms with E-state index in [2.05, 4.69) is 15.2 Å². The lowest BCUT2D eigenvalue weighted by Gasteiger charge is -2.02. The molecule has 0 aliphatic rings. The van der Waals surface area contributed by atoms with Crippen molar-refractivity contribution in [2.24, 2.45) is 7.05 Å². The van der Waals surface area contributed by atoms with Crippen molar-refractivity contribution in [3.8, 4) is 0 Å². The molecule has 0 saturated heterocycles. The Labute approximate surface area is 106 Å². The van der Waals surface area contributed by atoms with Crippen LogP contribution in [0.3, 0.4) is 0 Å². The molecule has 2 aromatic heterocycles. The third-order valence-electron chi connectivity index (χ3n) is 2.21. The standard InChI is InChI=1S/C10H10N4O3S/c1-5-3-6(8(15)16)4-7(11-5)18-10-13-12-9(17)14(10)2/h3-4H,1-2H3,(H,12,17)(H,15,16). The first kappa shape index (κ1) is 12.4. The van der Waals surface area contributed by atoms with Gasteiger partial charge in [0.15, 0.2) is 5.16 Å². The highest BCUT2D eigenvalue weighted by Gasteiger charge is 2.11. The van der Waals surface area contributed by atoms with E-state index >= 15 is 0 Å². The maximum absolute atomic E-state index is 11.2. The van der Waals surface area contributed by atoms with E-state index in [0.29, 0.717) is 15.9 Å². The number of carbonyl (C=O) groups is 1. The van der Waals surface area contributed by atoms with Crippen LogP contribution in [0.1, 0.15) is 16.1 Å². The van der Waals surface area contributed by atoms with Crippen molar-refractivity contribution >= 4 is 17.7 Å². The Kier molecular flexibility index (Phi) is 3.19. The summed E-state index contributed by atoms with van der Waals surface area (Å²) in [4.78, 5) is 26.3. The molecule has 0 aromatic carbocycles. The molecule has 0 saturated carbocycles. The van der Waals surface area contributed by atoms with E-state index < -0.39 is 5.97 Å². The lowest BCUT2D eigenvalue weighted by atomic mass is 10.2. The number of rotatable bonds is 3. The van der Waals surface area contributed by atoms with Gasteiger partial charge in [0.2, 0.25) is 0 Å². The number of aromatic nitrogens is 4. The molecule has 0 fully saturated rings. The Morgan fingerprint density at radius 1 is 1.50 bits per heavy atom. The van der Waals surface area contributed by atoms with E-state index in [9.17, 15) is 9.59 Å². The van der Waals surface area contributed by atoms with Crippen LogP contribution >= 0.6 is 11.8 Å². The summed E-state index contributed by atoms with van der Waals surface area (Å²) in [6, 6.07) is 2.93.